The predicted molar refractivity (Wildman–Crippen MR) is 69.4 cm³/mol. The van der Waals surface area contributed by atoms with Crippen LogP contribution in [0, 0.1) is 0 Å². The standard InChI is InChI=1S/C12H15Cl3/c1-3-5-10(13)8(2)9-6-4-7-11(14)12(9)15/h4,6-8,10H,3,5H2,1-2H3. The van der Waals surface area contributed by atoms with Crippen LogP contribution < -0.4 is 0 Å². The average molecular weight is 266 g/mol. The van der Waals surface area contributed by atoms with Crippen molar-refractivity contribution in [3.8, 4) is 0 Å². The summed E-state index contributed by atoms with van der Waals surface area (Å²) in [6, 6.07) is 5.70. The van der Waals surface area contributed by atoms with Crippen molar-refractivity contribution in [1.82, 2.24) is 0 Å². The van der Waals surface area contributed by atoms with E-state index in [9.17, 15) is 0 Å². The molecule has 0 spiro atoms. The number of hydrogen-bond donors (Lipinski definition) is 0. The highest BCUT2D eigenvalue weighted by atomic mass is 35.5. The van der Waals surface area contributed by atoms with E-state index in [1.54, 1.807) is 6.07 Å². The van der Waals surface area contributed by atoms with E-state index in [2.05, 4.69) is 13.8 Å². The summed E-state index contributed by atoms with van der Waals surface area (Å²) in [5.74, 6) is 0.234. The van der Waals surface area contributed by atoms with Crippen molar-refractivity contribution in [2.45, 2.75) is 38.0 Å². The van der Waals surface area contributed by atoms with Gasteiger partial charge < -0.3 is 0 Å². The molecule has 1 aromatic rings. The molecule has 1 rings (SSSR count). The van der Waals surface area contributed by atoms with E-state index < -0.39 is 0 Å². The van der Waals surface area contributed by atoms with Crippen LogP contribution in [-0.2, 0) is 0 Å². The van der Waals surface area contributed by atoms with Crippen molar-refractivity contribution in [1.29, 1.82) is 0 Å². The molecular formula is C12H15Cl3. The monoisotopic (exact) mass is 264 g/mol. The van der Waals surface area contributed by atoms with Gasteiger partial charge in [0.05, 0.1) is 10.0 Å². The molecule has 2 atom stereocenters. The molecular weight excluding hydrogens is 250 g/mol. The molecule has 0 saturated heterocycles. The van der Waals surface area contributed by atoms with Crippen LogP contribution >= 0.6 is 34.8 Å². The maximum atomic E-state index is 6.29. The topological polar surface area (TPSA) is 0 Å². The SMILES string of the molecule is CCCC(Cl)C(C)c1cccc(Cl)c1Cl. The normalized spacial score (nSPS) is 15.0. The minimum Gasteiger partial charge on any atom is -0.122 e. The molecule has 0 N–H and O–H groups in total. The van der Waals surface area contributed by atoms with Crippen LogP contribution in [0.4, 0.5) is 0 Å². The largest absolute Gasteiger partial charge is 0.122 e. The van der Waals surface area contributed by atoms with Crippen LogP contribution in [0.3, 0.4) is 0 Å². The molecule has 0 aliphatic heterocycles. The Morgan fingerprint density at radius 2 is 1.93 bits per heavy atom. The van der Waals surface area contributed by atoms with Crippen LogP contribution in [0.2, 0.25) is 10.0 Å². The average Bonchev–Trinajstić information content (AvgIpc) is 2.21. The third kappa shape index (κ3) is 3.27. The molecule has 0 bridgehead atoms. The zero-order valence-corrected chi connectivity index (χ0v) is 11.2. The number of hydrogen-bond acceptors (Lipinski definition) is 0. The lowest BCUT2D eigenvalue weighted by Crippen LogP contribution is -2.09. The van der Waals surface area contributed by atoms with Crippen LogP contribution in [0.5, 0.6) is 0 Å². The minimum absolute atomic E-state index is 0.117. The van der Waals surface area contributed by atoms with Gasteiger partial charge in [0.15, 0.2) is 0 Å². The quantitative estimate of drug-likeness (QED) is 0.630. The van der Waals surface area contributed by atoms with Gasteiger partial charge in [-0.2, -0.15) is 0 Å². The summed E-state index contributed by atoms with van der Waals surface area (Å²) in [6.45, 7) is 4.21. The van der Waals surface area contributed by atoms with E-state index >= 15 is 0 Å². The van der Waals surface area contributed by atoms with Crippen molar-refractivity contribution in [2.24, 2.45) is 0 Å². The summed E-state index contributed by atoms with van der Waals surface area (Å²) in [7, 11) is 0. The van der Waals surface area contributed by atoms with Crippen molar-refractivity contribution in [3.63, 3.8) is 0 Å². The third-order valence-corrected chi connectivity index (χ3v) is 4.01. The van der Waals surface area contributed by atoms with E-state index in [0.29, 0.717) is 10.0 Å². The van der Waals surface area contributed by atoms with Crippen molar-refractivity contribution in [3.05, 3.63) is 33.8 Å². The second kappa shape index (κ2) is 5.98. The van der Waals surface area contributed by atoms with E-state index in [-0.39, 0.29) is 11.3 Å². The molecule has 0 saturated carbocycles. The number of halogens is 3. The molecule has 1 aromatic carbocycles. The lowest BCUT2D eigenvalue weighted by molar-refractivity contribution is 0.634. The molecule has 0 nitrogen and oxygen atoms in total. The first kappa shape index (κ1) is 13.2. The molecule has 0 aliphatic carbocycles. The second-order valence-electron chi connectivity index (χ2n) is 3.74. The highest BCUT2D eigenvalue weighted by Gasteiger charge is 2.18. The van der Waals surface area contributed by atoms with Crippen LogP contribution in [0.1, 0.15) is 38.2 Å². The van der Waals surface area contributed by atoms with Gasteiger partial charge in [-0.05, 0) is 24.0 Å². The lowest BCUT2D eigenvalue weighted by atomic mass is 9.95. The van der Waals surface area contributed by atoms with Crippen LogP contribution in [0.25, 0.3) is 0 Å². The molecule has 0 aromatic heterocycles. The molecule has 0 fully saturated rings. The van der Waals surface area contributed by atoms with Gasteiger partial charge >= 0.3 is 0 Å². The number of alkyl halides is 1. The maximum Gasteiger partial charge on any atom is 0.0627 e. The van der Waals surface area contributed by atoms with Gasteiger partial charge in [0.1, 0.15) is 0 Å². The Morgan fingerprint density at radius 1 is 1.27 bits per heavy atom. The molecule has 15 heavy (non-hydrogen) atoms. The Balaban J connectivity index is 2.90. The lowest BCUT2D eigenvalue weighted by Gasteiger charge is -2.19. The van der Waals surface area contributed by atoms with E-state index in [1.165, 1.54) is 0 Å². The number of rotatable bonds is 4. The molecule has 0 amide bonds. The van der Waals surface area contributed by atoms with Crippen molar-refractivity contribution < 1.29 is 0 Å². The first-order chi connectivity index (χ1) is 7.07. The van der Waals surface area contributed by atoms with Gasteiger partial charge in [-0.3, -0.25) is 0 Å². The fourth-order valence-corrected chi connectivity index (χ4v) is 2.43. The molecule has 84 valence electrons. The molecule has 0 aliphatic rings. The van der Waals surface area contributed by atoms with Crippen LogP contribution in [-0.4, -0.2) is 5.38 Å². The third-order valence-electron chi connectivity index (χ3n) is 2.58. The van der Waals surface area contributed by atoms with Gasteiger partial charge in [-0.1, -0.05) is 55.6 Å². The molecule has 0 radical (unpaired) electrons. The Labute approximate surface area is 107 Å². The van der Waals surface area contributed by atoms with Gasteiger partial charge in [-0.25, -0.2) is 0 Å². The summed E-state index contributed by atoms with van der Waals surface area (Å²) >= 11 is 18.4. The summed E-state index contributed by atoms with van der Waals surface area (Å²) in [5.41, 5.74) is 1.04. The van der Waals surface area contributed by atoms with E-state index in [4.69, 9.17) is 34.8 Å². The van der Waals surface area contributed by atoms with Gasteiger partial charge in [0, 0.05) is 5.38 Å². The van der Waals surface area contributed by atoms with Crippen LogP contribution in [0.15, 0.2) is 18.2 Å². The zero-order valence-electron chi connectivity index (χ0n) is 8.93. The minimum atomic E-state index is 0.117. The summed E-state index contributed by atoms with van der Waals surface area (Å²) < 4.78 is 0. The number of benzene rings is 1. The summed E-state index contributed by atoms with van der Waals surface area (Å²) in [4.78, 5) is 0. The highest BCUT2D eigenvalue weighted by molar-refractivity contribution is 6.42. The van der Waals surface area contributed by atoms with Crippen molar-refractivity contribution >= 4 is 34.8 Å². The molecule has 3 heteroatoms. The van der Waals surface area contributed by atoms with Gasteiger partial charge in [-0.15, -0.1) is 11.6 Å². The Kier molecular flexibility index (Phi) is 5.25. The van der Waals surface area contributed by atoms with Gasteiger partial charge in [0.2, 0.25) is 0 Å². The predicted octanol–water partition coefficient (Wildman–Crippen LogP) is 5.50. The maximum absolute atomic E-state index is 6.29. The fourth-order valence-electron chi connectivity index (χ4n) is 1.59. The summed E-state index contributed by atoms with van der Waals surface area (Å²) in [5, 5.41) is 1.35. The Hall–Kier alpha value is 0.0900. The smallest absolute Gasteiger partial charge is 0.0627 e. The first-order valence-electron chi connectivity index (χ1n) is 5.15. The summed E-state index contributed by atoms with van der Waals surface area (Å²) in [6.07, 6.45) is 2.07. The molecule has 0 heterocycles. The fraction of sp³-hybridized carbons (Fsp3) is 0.500. The van der Waals surface area contributed by atoms with E-state index in [0.717, 1.165) is 18.4 Å². The first-order valence-corrected chi connectivity index (χ1v) is 6.35. The zero-order chi connectivity index (χ0) is 11.4. The Bertz CT molecular complexity index is 323. The van der Waals surface area contributed by atoms with E-state index in [1.807, 2.05) is 12.1 Å². The Morgan fingerprint density at radius 3 is 2.53 bits per heavy atom. The molecule has 2 unspecified atom stereocenters. The van der Waals surface area contributed by atoms with Crippen molar-refractivity contribution in [2.75, 3.05) is 0 Å². The van der Waals surface area contributed by atoms with Gasteiger partial charge in [0.25, 0.3) is 0 Å². The highest BCUT2D eigenvalue weighted by Crippen LogP contribution is 2.35. The second-order valence-corrected chi connectivity index (χ2v) is 5.08.